The third-order valence-electron chi connectivity index (χ3n) is 2.91. The Labute approximate surface area is 138 Å². The molecule has 0 aromatic carbocycles. The van der Waals surface area contributed by atoms with E-state index in [0.717, 1.165) is 47.5 Å². The van der Waals surface area contributed by atoms with Crippen LogP contribution in [0, 0.1) is 0 Å². The Kier molecular flexibility index (Phi) is 5.94. The molecule has 2 heterocycles. The van der Waals surface area contributed by atoms with Crippen molar-refractivity contribution < 1.29 is 0 Å². The third kappa shape index (κ3) is 4.14. The summed E-state index contributed by atoms with van der Waals surface area (Å²) in [7, 11) is 0. The van der Waals surface area contributed by atoms with Gasteiger partial charge in [0.25, 0.3) is 0 Å². The molecule has 0 radical (unpaired) electrons. The Hall–Kier alpha value is -1.20. The second-order valence-corrected chi connectivity index (χ2v) is 5.92. The minimum atomic E-state index is 0.606. The zero-order chi connectivity index (χ0) is 15.2. The first-order valence-corrected chi connectivity index (χ1v) is 8.25. The molecular weight excluding hydrogens is 352 g/mol. The van der Waals surface area contributed by atoms with E-state index in [1.165, 1.54) is 0 Å². The van der Waals surface area contributed by atoms with E-state index in [2.05, 4.69) is 50.0 Å². The van der Waals surface area contributed by atoms with Gasteiger partial charge in [-0.2, -0.15) is 0 Å². The molecule has 2 aromatic rings. The predicted molar refractivity (Wildman–Crippen MR) is 90.7 cm³/mol. The summed E-state index contributed by atoms with van der Waals surface area (Å²) in [5, 5.41) is 3.94. The number of anilines is 1. The zero-order valence-corrected chi connectivity index (χ0v) is 14.5. The number of hydrogen-bond acceptors (Lipinski definition) is 4. The van der Waals surface area contributed by atoms with Crippen molar-refractivity contribution in [3.8, 4) is 11.5 Å². The molecular formula is C15H18BrClN4. The predicted octanol–water partition coefficient (Wildman–Crippen LogP) is 4.73. The highest BCUT2D eigenvalue weighted by Gasteiger charge is 2.13. The third-order valence-corrected chi connectivity index (χ3v) is 3.96. The number of rotatable bonds is 6. The van der Waals surface area contributed by atoms with E-state index in [0.29, 0.717) is 10.8 Å². The van der Waals surface area contributed by atoms with Crippen LogP contribution in [0.3, 0.4) is 0 Å². The van der Waals surface area contributed by atoms with Crippen LogP contribution >= 0.6 is 27.5 Å². The molecule has 0 fully saturated rings. The maximum absolute atomic E-state index is 5.88. The number of aromatic nitrogens is 3. The van der Waals surface area contributed by atoms with Crippen LogP contribution < -0.4 is 5.32 Å². The van der Waals surface area contributed by atoms with Gasteiger partial charge in [-0.1, -0.05) is 31.9 Å². The van der Waals surface area contributed by atoms with Crippen LogP contribution in [0.1, 0.15) is 32.4 Å². The molecule has 0 unspecified atom stereocenters. The van der Waals surface area contributed by atoms with Crippen molar-refractivity contribution >= 4 is 33.3 Å². The first-order chi connectivity index (χ1) is 10.2. The fraction of sp³-hybridized carbons (Fsp3) is 0.400. The average Bonchev–Trinajstić information content (AvgIpc) is 2.49. The Balaban J connectivity index is 2.44. The standard InChI is InChI=1S/C15H18BrClN4/c1-3-5-11-13(16)15(18-8-4-2)21-14(20-11)12-7-6-10(17)9-19-12/h6-7,9H,3-5,8H2,1-2H3,(H,18,20,21). The second kappa shape index (κ2) is 7.71. The highest BCUT2D eigenvalue weighted by molar-refractivity contribution is 9.10. The van der Waals surface area contributed by atoms with Crippen LogP contribution in [0.2, 0.25) is 5.02 Å². The highest BCUT2D eigenvalue weighted by Crippen LogP contribution is 2.27. The van der Waals surface area contributed by atoms with E-state index in [4.69, 9.17) is 11.6 Å². The molecule has 0 saturated heterocycles. The number of halogens is 2. The summed E-state index contributed by atoms with van der Waals surface area (Å²) in [6.07, 6.45) is 4.57. The fourth-order valence-electron chi connectivity index (χ4n) is 1.88. The van der Waals surface area contributed by atoms with E-state index in [1.54, 1.807) is 12.3 Å². The summed E-state index contributed by atoms with van der Waals surface area (Å²) < 4.78 is 0.940. The van der Waals surface area contributed by atoms with Gasteiger partial charge in [-0.25, -0.2) is 9.97 Å². The molecule has 2 aromatic heterocycles. The lowest BCUT2D eigenvalue weighted by molar-refractivity contribution is 0.863. The van der Waals surface area contributed by atoms with Gasteiger partial charge in [0.1, 0.15) is 11.5 Å². The Morgan fingerprint density at radius 1 is 1.19 bits per heavy atom. The molecule has 0 aliphatic carbocycles. The lowest BCUT2D eigenvalue weighted by Gasteiger charge is -2.12. The molecule has 0 bridgehead atoms. The van der Waals surface area contributed by atoms with Gasteiger partial charge in [-0.3, -0.25) is 4.98 Å². The van der Waals surface area contributed by atoms with Crippen molar-refractivity contribution in [2.75, 3.05) is 11.9 Å². The summed E-state index contributed by atoms with van der Waals surface area (Å²) in [6.45, 7) is 5.12. The molecule has 0 atom stereocenters. The van der Waals surface area contributed by atoms with E-state index in [1.807, 2.05) is 6.07 Å². The van der Waals surface area contributed by atoms with Crippen molar-refractivity contribution in [2.24, 2.45) is 0 Å². The van der Waals surface area contributed by atoms with Crippen molar-refractivity contribution in [2.45, 2.75) is 33.1 Å². The van der Waals surface area contributed by atoms with Gasteiger partial charge >= 0.3 is 0 Å². The Morgan fingerprint density at radius 2 is 2.00 bits per heavy atom. The van der Waals surface area contributed by atoms with Crippen molar-refractivity contribution in [3.63, 3.8) is 0 Å². The van der Waals surface area contributed by atoms with E-state index < -0.39 is 0 Å². The van der Waals surface area contributed by atoms with Gasteiger partial charge in [0.15, 0.2) is 5.82 Å². The first kappa shape index (κ1) is 16.2. The van der Waals surface area contributed by atoms with Crippen LogP contribution in [0.25, 0.3) is 11.5 Å². The molecule has 0 amide bonds. The number of aryl methyl sites for hydroxylation is 1. The minimum absolute atomic E-state index is 0.606. The fourth-order valence-corrected chi connectivity index (χ4v) is 2.51. The quantitative estimate of drug-likeness (QED) is 0.800. The molecule has 6 heteroatoms. The molecule has 1 N–H and O–H groups in total. The number of hydrogen-bond donors (Lipinski definition) is 1. The lowest BCUT2D eigenvalue weighted by atomic mass is 10.2. The molecule has 0 saturated carbocycles. The van der Waals surface area contributed by atoms with Crippen LogP contribution in [0.4, 0.5) is 5.82 Å². The normalized spacial score (nSPS) is 10.7. The maximum Gasteiger partial charge on any atom is 0.180 e. The van der Waals surface area contributed by atoms with Crippen LogP contribution in [-0.4, -0.2) is 21.5 Å². The van der Waals surface area contributed by atoms with Crippen LogP contribution in [0.15, 0.2) is 22.8 Å². The topological polar surface area (TPSA) is 50.7 Å². The monoisotopic (exact) mass is 368 g/mol. The van der Waals surface area contributed by atoms with Gasteiger partial charge in [0.2, 0.25) is 0 Å². The largest absolute Gasteiger partial charge is 0.369 e. The lowest BCUT2D eigenvalue weighted by Crippen LogP contribution is -2.08. The molecule has 21 heavy (non-hydrogen) atoms. The summed E-state index contributed by atoms with van der Waals surface area (Å²) in [4.78, 5) is 13.5. The van der Waals surface area contributed by atoms with E-state index in [-0.39, 0.29) is 0 Å². The van der Waals surface area contributed by atoms with Gasteiger partial charge in [0.05, 0.1) is 15.2 Å². The number of nitrogens with zero attached hydrogens (tertiary/aromatic N) is 3. The summed E-state index contributed by atoms with van der Waals surface area (Å²) >= 11 is 9.48. The van der Waals surface area contributed by atoms with E-state index >= 15 is 0 Å². The van der Waals surface area contributed by atoms with Crippen LogP contribution in [0.5, 0.6) is 0 Å². The molecule has 0 aliphatic rings. The van der Waals surface area contributed by atoms with Crippen LogP contribution in [-0.2, 0) is 6.42 Å². The SMILES string of the molecule is CCCNc1nc(-c2ccc(Cl)cn2)nc(CCC)c1Br. The molecule has 2 rings (SSSR count). The Bertz CT molecular complexity index is 601. The maximum atomic E-state index is 5.88. The first-order valence-electron chi connectivity index (χ1n) is 7.07. The number of nitrogens with one attached hydrogen (secondary N) is 1. The van der Waals surface area contributed by atoms with Gasteiger partial charge < -0.3 is 5.32 Å². The summed E-state index contributed by atoms with van der Waals surface area (Å²) in [5.41, 5.74) is 1.72. The smallest absolute Gasteiger partial charge is 0.180 e. The number of pyridine rings is 1. The van der Waals surface area contributed by atoms with Crippen molar-refractivity contribution in [1.82, 2.24) is 15.0 Å². The second-order valence-electron chi connectivity index (χ2n) is 4.69. The summed E-state index contributed by atoms with van der Waals surface area (Å²) in [6, 6.07) is 3.64. The molecule has 0 spiro atoms. The average molecular weight is 370 g/mol. The molecule has 0 aliphatic heterocycles. The summed E-state index contributed by atoms with van der Waals surface area (Å²) in [5.74, 6) is 1.44. The zero-order valence-electron chi connectivity index (χ0n) is 12.2. The molecule has 112 valence electrons. The molecule has 4 nitrogen and oxygen atoms in total. The van der Waals surface area contributed by atoms with Crippen molar-refractivity contribution in [3.05, 3.63) is 33.5 Å². The minimum Gasteiger partial charge on any atom is -0.369 e. The van der Waals surface area contributed by atoms with Gasteiger partial charge in [-0.05, 0) is 40.9 Å². The van der Waals surface area contributed by atoms with Gasteiger partial charge in [-0.15, -0.1) is 0 Å². The van der Waals surface area contributed by atoms with E-state index in [9.17, 15) is 0 Å². The highest BCUT2D eigenvalue weighted by atomic mass is 79.9. The van der Waals surface area contributed by atoms with Crippen molar-refractivity contribution in [1.29, 1.82) is 0 Å². The van der Waals surface area contributed by atoms with Gasteiger partial charge in [0, 0.05) is 12.7 Å². The Morgan fingerprint density at radius 3 is 2.62 bits per heavy atom.